The first-order valence-electron chi connectivity index (χ1n) is 7.28. The molecule has 0 unspecified atom stereocenters. The number of aryl methyl sites for hydroxylation is 1. The second-order valence-corrected chi connectivity index (χ2v) is 6.11. The lowest BCUT2D eigenvalue weighted by atomic mass is 10.1. The summed E-state index contributed by atoms with van der Waals surface area (Å²) in [6, 6.07) is 11.3. The topological polar surface area (TPSA) is 62.7 Å². The van der Waals surface area contributed by atoms with Gasteiger partial charge in [0.2, 0.25) is 5.95 Å². The predicted molar refractivity (Wildman–Crippen MR) is 98.8 cm³/mol. The highest BCUT2D eigenvalue weighted by molar-refractivity contribution is 6.42. The molecule has 1 aromatic heterocycles. The van der Waals surface area contributed by atoms with Gasteiger partial charge in [0.25, 0.3) is 0 Å². The van der Waals surface area contributed by atoms with Crippen molar-refractivity contribution in [2.24, 2.45) is 0 Å². The fourth-order valence-corrected chi connectivity index (χ4v) is 2.44. The van der Waals surface area contributed by atoms with Gasteiger partial charge in [-0.1, -0.05) is 35.3 Å². The zero-order valence-electron chi connectivity index (χ0n) is 13.1. The van der Waals surface area contributed by atoms with Crippen molar-refractivity contribution in [3.8, 4) is 0 Å². The van der Waals surface area contributed by atoms with E-state index in [1.54, 1.807) is 24.4 Å². The quantitative estimate of drug-likeness (QED) is 0.663. The third kappa shape index (κ3) is 3.75. The molecule has 2 N–H and O–H groups in total. The van der Waals surface area contributed by atoms with Crippen LogP contribution in [0.15, 0.2) is 42.6 Å². The molecule has 24 heavy (non-hydrogen) atoms. The molecule has 7 heteroatoms. The number of hydrogen-bond donors (Lipinski definition) is 2. The van der Waals surface area contributed by atoms with Gasteiger partial charge >= 0.3 is 0 Å². The van der Waals surface area contributed by atoms with Gasteiger partial charge in [0.1, 0.15) is 0 Å². The van der Waals surface area contributed by atoms with E-state index in [2.05, 4.69) is 45.7 Å². The Morgan fingerprint density at radius 1 is 0.958 bits per heavy atom. The third-order valence-corrected chi connectivity index (χ3v) is 4.34. The number of hydrogen-bond acceptors (Lipinski definition) is 5. The van der Waals surface area contributed by atoms with E-state index >= 15 is 0 Å². The lowest BCUT2D eigenvalue weighted by Crippen LogP contribution is -2.03. The summed E-state index contributed by atoms with van der Waals surface area (Å²) in [5.74, 6) is 0.963. The number of benzene rings is 2. The summed E-state index contributed by atoms with van der Waals surface area (Å²) in [4.78, 5) is 4.41. The molecule has 0 bridgehead atoms. The van der Waals surface area contributed by atoms with Crippen LogP contribution in [0.1, 0.15) is 11.1 Å². The van der Waals surface area contributed by atoms with Crippen LogP contribution >= 0.6 is 23.2 Å². The van der Waals surface area contributed by atoms with E-state index in [1.165, 1.54) is 5.56 Å². The fourth-order valence-electron chi connectivity index (χ4n) is 2.14. The SMILES string of the molecule is Cc1cccc(Nc2cnnc(Nc3ccc(Cl)c(Cl)c3)n2)c1C. The van der Waals surface area contributed by atoms with E-state index < -0.39 is 0 Å². The molecule has 0 spiro atoms. The normalized spacial score (nSPS) is 10.5. The Kier molecular flexibility index (Phi) is 4.83. The molecule has 1 heterocycles. The van der Waals surface area contributed by atoms with Crippen LogP contribution in [-0.2, 0) is 0 Å². The monoisotopic (exact) mass is 359 g/mol. The standard InChI is InChI=1S/C17H15Cl2N5/c1-10-4-3-5-15(11(10)2)22-16-9-20-24-17(23-16)21-12-6-7-13(18)14(19)8-12/h3-9H,1-2H3,(H2,21,22,23,24). The molecule has 0 atom stereocenters. The Morgan fingerprint density at radius 3 is 2.58 bits per heavy atom. The lowest BCUT2D eigenvalue weighted by Gasteiger charge is -2.11. The van der Waals surface area contributed by atoms with E-state index in [4.69, 9.17) is 23.2 Å². The Morgan fingerprint density at radius 2 is 1.79 bits per heavy atom. The van der Waals surface area contributed by atoms with Crippen LogP contribution < -0.4 is 10.6 Å². The second kappa shape index (κ2) is 7.03. The van der Waals surface area contributed by atoms with Crippen LogP contribution in [0.4, 0.5) is 23.1 Å². The molecule has 3 aromatic rings. The van der Waals surface area contributed by atoms with Gasteiger partial charge in [-0.15, -0.1) is 5.10 Å². The van der Waals surface area contributed by atoms with Crippen molar-refractivity contribution in [1.29, 1.82) is 0 Å². The van der Waals surface area contributed by atoms with Gasteiger partial charge in [-0.25, -0.2) is 0 Å². The van der Waals surface area contributed by atoms with Gasteiger partial charge in [-0.2, -0.15) is 10.1 Å². The smallest absolute Gasteiger partial charge is 0.249 e. The lowest BCUT2D eigenvalue weighted by molar-refractivity contribution is 0.982. The summed E-state index contributed by atoms with van der Waals surface area (Å²) in [5, 5.41) is 15.2. The van der Waals surface area contributed by atoms with Gasteiger partial charge in [0.15, 0.2) is 5.82 Å². The number of halogens is 2. The molecule has 0 fully saturated rings. The minimum atomic E-state index is 0.365. The van der Waals surface area contributed by atoms with Crippen LogP contribution in [0.2, 0.25) is 10.0 Å². The Hall–Kier alpha value is -2.37. The fraction of sp³-hybridized carbons (Fsp3) is 0.118. The maximum Gasteiger partial charge on any atom is 0.249 e. The van der Waals surface area contributed by atoms with Crippen molar-refractivity contribution in [2.75, 3.05) is 10.6 Å². The van der Waals surface area contributed by atoms with E-state index in [0.717, 1.165) is 16.9 Å². The summed E-state index contributed by atoms with van der Waals surface area (Å²) in [6.45, 7) is 4.12. The number of anilines is 4. The van der Waals surface area contributed by atoms with Crippen LogP contribution in [0.5, 0.6) is 0 Å². The maximum absolute atomic E-state index is 6.01. The van der Waals surface area contributed by atoms with E-state index in [1.807, 2.05) is 12.1 Å². The highest BCUT2D eigenvalue weighted by Crippen LogP contribution is 2.26. The van der Waals surface area contributed by atoms with Crippen molar-refractivity contribution in [3.05, 3.63) is 63.8 Å². The van der Waals surface area contributed by atoms with E-state index in [0.29, 0.717) is 21.8 Å². The highest BCUT2D eigenvalue weighted by Gasteiger charge is 2.06. The van der Waals surface area contributed by atoms with Gasteiger partial charge in [-0.3, -0.25) is 0 Å². The largest absolute Gasteiger partial charge is 0.339 e. The van der Waals surface area contributed by atoms with Gasteiger partial charge in [0, 0.05) is 11.4 Å². The molecule has 0 saturated heterocycles. The van der Waals surface area contributed by atoms with Crippen molar-refractivity contribution in [3.63, 3.8) is 0 Å². The zero-order chi connectivity index (χ0) is 17.1. The molecule has 0 saturated carbocycles. The number of nitrogens with zero attached hydrogens (tertiary/aromatic N) is 3. The van der Waals surface area contributed by atoms with E-state index in [9.17, 15) is 0 Å². The summed E-state index contributed by atoms with van der Waals surface area (Å²) in [6.07, 6.45) is 1.57. The molecular weight excluding hydrogens is 345 g/mol. The number of rotatable bonds is 4. The number of nitrogens with one attached hydrogen (secondary N) is 2. The summed E-state index contributed by atoms with van der Waals surface area (Å²) in [7, 11) is 0. The van der Waals surface area contributed by atoms with Crippen molar-refractivity contribution < 1.29 is 0 Å². The first-order chi connectivity index (χ1) is 11.5. The summed E-state index contributed by atoms with van der Waals surface area (Å²) < 4.78 is 0. The molecule has 3 rings (SSSR count). The van der Waals surface area contributed by atoms with Gasteiger partial charge in [-0.05, 0) is 49.2 Å². The molecule has 0 aliphatic heterocycles. The van der Waals surface area contributed by atoms with Gasteiger partial charge < -0.3 is 10.6 Å². The van der Waals surface area contributed by atoms with Crippen molar-refractivity contribution in [1.82, 2.24) is 15.2 Å². The predicted octanol–water partition coefficient (Wildman–Crippen LogP) is 5.28. The molecule has 122 valence electrons. The van der Waals surface area contributed by atoms with E-state index in [-0.39, 0.29) is 0 Å². The Balaban J connectivity index is 1.81. The number of aromatic nitrogens is 3. The molecular formula is C17H15Cl2N5. The molecule has 0 aliphatic rings. The van der Waals surface area contributed by atoms with Crippen LogP contribution in [0.3, 0.4) is 0 Å². The third-order valence-electron chi connectivity index (χ3n) is 3.60. The molecule has 2 aromatic carbocycles. The molecule has 0 aliphatic carbocycles. The van der Waals surface area contributed by atoms with Crippen molar-refractivity contribution >= 4 is 46.3 Å². The Bertz CT molecular complexity index is 883. The van der Waals surface area contributed by atoms with Crippen molar-refractivity contribution in [2.45, 2.75) is 13.8 Å². The van der Waals surface area contributed by atoms with Crippen LogP contribution in [0.25, 0.3) is 0 Å². The van der Waals surface area contributed by atoms with Gasteiger partial charge in [0.05, 0.1) is 16.2 Å². The summed E-state index contributed by atoms with van der Waals surface area (Å²) >= 11 is 11.9. The maximum atomic E-state index is 6.01. The molecule has 5 nitrogen and oxygen atoms in total. The Labute approximate surface area is 150 Å². The average Bonchev–Trinajstić information content (AvgIpc) is 2.56. The summed E-state index contributed by atoms with van der Waals surface area (Å²) in [5.41, 5.74) is 4.08. The second-order valence-electron chi connectivity index (χ2n) is 5.29. The molecule has 0 amide bonds. The first-order valence-corrected chi connectivity index (χ1v) is 8.03. The minimum absolute atomic E-state index is 0.365. The first kappa shape index (κ1) is 16.5. The van der Waals surface area contributed by atoms with Crippen LogP contribution in [-0.4, -0.2) is 15.2 Å². The van der Waals surface area contributed by atoms with Crippen LogP contribution in [0, 0.1) is 13.8 Å². The minimum Gasteiger partial charge on any atom is -0.339 e. The zero-order valence-corrected chi connectivity index (χ0v) is 14.7. The molecule has 0 radical (unpaired) electrons. The highest BCUT2D eigenvalue weighted by atomic mass is 35.5. The average molecular weight is 360 g/mol.